The van der Waals surface area contributed by atoms with E-state index in [9.17, 15) is 0 Å². The van der Waals surface area contributed by atoms with Crippen LogP contribution in [0.4, 0.5) is 0 Å². The lowest BCUT2D eigenvalue weighted by molar-refractivity contribution is 0.571. The van der Waals surface area contributed by atoms with Gasteiger partial charge in [-0.05, 0) is 26.0 Å². The van der Waals surface area contributed by atoms with Crippen molar-refractivity contribution >= 4 is 11.3 Å². The lowest BCUT2D eigenvalue weighted by atomic mass is 10.3. The second-order valence-electron chi connectivity index (χ2n) is 5.06. The normalized spacial score (nSPS) is 12.5. The van der Waals surface area contributed by atoms with E-state index in [1.807, 2.05) is 48.1 Å². The lowest BCUT2D eigenvalue weighted by Crippen LogP contribution is -2.17. The van der Waals surface area contributed by atoms with E-state index in [0.29, 0.717) is 0 Å². The van der Waals surface area contributed by atoms with Crippen molar-refractivity contribution in [3.63, 3.8) is 0 Å². The van der Waals surface area contributed by atoms with Crippen molar-refractivity contribution in [3.8, 4) is 5.69 Å². The molecule has 21 heavy (non-hydrogen) atoms. The highest BCUT2D eigenvalue weighted by Crippen LogP contribution is 2.18. The molecule has 5 heteroatoms. The van der Waals surface area contributed by atoms with Crippen LogP contribution in [0.25, 0.3) is 5.69 Å². The van der Waals surface area contributed by atoms with Crippen LogP contribution in [0, 0.1) is 6.92 Å². The number of hydrogen-bond donors (Lipinski definition) is 1. The molecule has 0 saturated carbocycles. The predicted molar refractivity (Wildman–Crippen MR) is 85.7 cm³/mol. The molecule has 108 valence electrons. The lowest BCUT2D eigenvalue weighted by Gasteiger charge is -2.09. The Hall–Kier alpha value is -1.98. The summed E-state index contributed by atoms with van der Waals surface area (Å²) in [5, 5.41) is 11.1. The molecule has 0 aliphatic rings. The van der Waals surface area contributed by atoms with Crippen LogP contribution in [-0.4, -0.2) is 14.8 Å². The topological polar surface area (TPSA) is 42.7 Å². The molecule has 1 unspecified atom stereocenters. The number of benzene rings is 1. The summed E-state index contributed by atoms with van der Waals surface area (Å²) in [6.45, 7) is 4.95. The molecule has 0 saturated heterocycles. The van der Waals surface area contributed by atoms with Gasteiger partial charge < -0.3 is 5.32 Å². The number of rotatable bonds is 5. The Bertz CT molecular complexity index is 702. The molecule has 0 spiro atoms. The van der Waals surface area contributed by atoms with E-state index < -0.39 is 0 Å². The smallest absolute Gasteiger partial charge is 0.110 e. The molecular formula is C16H18N4S. The molecular weight excluding hydrogens is 280 g/mol. The van der Waals surface area contributed by atoms with Crippen molar-refractivity contribution in [2.45, 2.75) is 26.4 Å². The van der Waals surface area contributed by atoms with E-state index in [2.05, 4.69) is 33.9 Å². The van der Waals surface area contributed by atoms with Gasteiger partial charge in [-0.1, -0.05) is 18.2 Å². The Labute approximate surface area is 128 Å². The summed E-state index contributed by atoms with van der Waals surface area (Å²) in [4.78, 5) is 4.51. The van der Waals surface area contributed by atoms with Gasteiger partial charge in [0.1, 0.15) is 5.01 Å². The Morgan fingerprint density at radius 2 is 2.10 bits per heavy atom. The highest BCUT2D eigenvalue weighted by atomic mass is 32.1. The Morgan fingerprint density at radius 3 is 2.81 bits per heavy atom. The van der Waals surface area contributed by atoms with Crippen LogP contribution in [0.3, 0.4) is 0 Å². The van der Waals surface area contributed by atoms with E-state index in [1.54, 1.807) is 11.3 Å². The largest absolute Gasteiger partial charge is 0.304 e. The van der Waals surface area contributed by atoms with Crippen LogP contribution in [0.2, 0.25) is 0 Å². The second kappa shape index (κ2) is 6.20. The maximum atomic E-state index is 4.51. The van der Waals surface area contributed by atoms with Gasteiger partial charge in [-0.3, -0.25) is 0 Å². The minimum Gasteiger partial charge on any atom is -0.304 e. The summed E-state index contributed by atoms with van der Waals surface area (Å²) in [5.74, 6) is 0. The summed E-state index contributed by atoms with van der Waals surface area (Å²) in [5.41, 5.74) is 3.33. The van der Waals surface area contributed by atoms with Crippen molar-refractivity contribution in [2.24, 2.45) is 0 Å². The summed E-state index contributed by atoms with van der Waals surface area (Å²) >= 11 is 1.70. The molecule has 2 heterocycles. The van der Waals surface area contributed by atoms with Crippen molar-refractivity contribution in [3.05, 3.63) is 64.4 Å². The highest BCUT2D eigenvalue weighted by molar-refractivity contribution is 7.09. The number of nitrogens with zero attached hydrogens (tertiary/aromatic N) is 3. The van der Waals surface area contributed by atoms with Crippen LogP contribution < -0.4 is 5.32 Å². The number of aryl methyl sites for hydroxylation is 1. The van der Waals surface area contributed by atoms with Gasteiger partial charge in [-0.15, -0.1) is 11.3 Å². The first kappa shape index (κ1) is 14.0. The zero-order valence-corrected chi connectivity index (χ0v) is 13.0. The minimum absolute atomic E-state index is 0.253. The van der Waals surface area contributed by atoms with E-state index in [4.69, 9.17) is 0 Å². The number of aromatic nitrogens is 3. The average molecular weight is 298 g/mol. The quantitative estimate of drug-likeness (QED) is 0.784. The fourth-order valence-electron chi connectivity index (χ4n) is 2.10. The third kappa shape index (κ3) is 3.37. The van der Waals surface area contributed by atoms with Crippen LogP contribution in [-0.2, 0) is 6.54 Å². The molecule has 0 amide bonds. The molecule has 3 aromatic rings. The Kier molecular flexibility index (Phi) is 4.13. The number of thiazole rings is 1. The Balaban J connectivity index is 1.63. The maximum absolute atomic E-state index is 4.51. The van der Waals surface area contributed by atoms with Gasteiger partial charge in [0.05, 0.1) is 17.9 Å². The van der Waals surface area contributed by atoms with E-state index in [0.717, 1.165) is 22.9 Å². The number of hydrogen-bond acceptors (Lipinski definition) is 4. The van der Waals surface area contributed by atoms with Gasteiger partial charge in [-0.2, -0.15) is 5.10 Å². The highest BCUT2D eigenvalue weighted by Gasteiger charge is 2.09. The van der Waals surface area contributed by atoms with Crippen LogP contribution in [0.15, 0.2) is 48.1 Å². The van der Waals surface area contributed by atoms with E-state index in [-0.39, 0.29) is 6.04 Å². The molecule has 0 aliphatic heterocycles. The van der Waals surface area contributed by atoms with Gasteiger partial charge in [0, 0.05) is 29.4 Å². The first-order chi connectivity index (χ1) is 10.2. The molecule has 2 aromatic heterocycles. The molecule has 0 aliphatic carbocycles. The predicted octanol–water partition coefficient (Wildman–Crippen LogP) is 3.49. The number of nitrogens with one attached hydrogen (secondary N) is 1. The van der Waals surface area contributed by atoms with E-state index >= 15 is 0 Å². The third-order valence-electron chi connectivity index (χ3n) is 3.28. The molecule has 0 bridgehead atoms. The van der Waals surface area contributed by atoms with E-state index in [1.165, 1.54) is 5.56 Å². The zero-order valence-electron chi connectivity index (χ0n) is 12.2. The van der Waals surface area contributed by atoms with Gasteiger partial charge in [0.15, 0.2) is 0 Å². The van der Waals surface area contributed by atoms with Gasteiger partial charge in [0.25, 0.3) is 0 Å². The standard InChI is InChI=1S/C16H18N4S/c1-12-11-21-16(19-12)13(2)17-8-14-9-18-20(10-14)15-6-4-3-5-7-15/h3-7,9-11,13,17H,8H2,1-2H3. The average Bonchev–Trinajstić information content (AvgIpc) is 3.15. The molecule has 1 aromatic carbocycles. The molecule has 1 atom stereocenters. The first-order valence-corrected chi connectivity index (χ1v) is 7.85. The maximum Gasteiger partial charge on any atom is 0.110 e. The van der Waals surface area contributed by atoms with Crippen LogP contribution in [0.5, 0.6) is 0 Å². The fourth-order valence-corrected chi connectivity index (χ4v) is 2.93. The van der Waals surface area contributed by atoms with Gasteiger partial charge in [-0.25, -0.2) is 9.67 Å². The van der Waals surface area contributed by atoms with Crippen molar-refractivity contribution in [1.29, 1.82) is 0 Å². The van der Waals surface area contributed by atoms with Crippen LogP contribution >= 0.6 is 11.3 Å². The molecule has 4 nitrogen and oxygen atoms in total. The van der Waals surface area contributed by atoms with Gasteiger partial charge in [0.2, 0.25) is 0 Å². The SMILES string of the molecule is Cc1csc(C(C)NCc2cnn(-c3ccccc3)c2)n1. The Morgan fingerprint density at radius 1 is 1.29 bits per heavy atom. The second-order valence-corrected chi connectivity index (χ2v) is 5.95. The van der Waals surface area contributed by atoms with Crippen molar-refractivity contribution in [1.82, 2.24) is 20.1 Å². The zero-order chi connectivity index (χ0) is 14.7. The summed E-state index contributed by atoms with van der Waals surface area (Å²) in [6, 6.07) is 10.4. The number of para-hydroxylation sites is 1. The molecule has 1 N–H and O–H groups in total. The van der Waals surface area contributed by atoms with Gasteiger partial charge >= 0.3 is 0 Å². The van der Waals surface area contributed by atoms with Crippen molar-refractivity contribution in [2.75, 3.05) is 0 Å². The minimum atomic E-state index is 0.253. The fraction of sp³-hybridized carbons (Fsp3) is 0.250. The monoisotopic (exact) mass is 298 g/mol. The first-order valence-electron chi connectivity index (χ1n) is 6.97. The molecule has 0 fully saturated rings. The molecule has 3 rings (SSSR count). The van der Waals surface area contributed by atoms with Crippen LogP contribution in [0.1, 0.15) is 29.2 Å². The van der Waals surface area contributed by atoms with Crippen molar-refractivity contribution < 1.29 is 0 Å². The summed E-state index contributed by atoms with van der Waals surface area (Å²) in [6.07, 6.45) is 3.96. The summed E-state index contributed by atoms with van der Waals surface area (Å²) < 4.78 is 1.90. The molecule has 0 radical (unpaired) electrons. The third-order valence-corrected chi connectivity index (χ3v) is 4.42. The summed E-state index contributed by atoms with van der Waals surface area (Å²) in [7, 11) is 0.